The maximum absolute atomic E-state index is 12.9. The van der Waals surface area contributed by atoms with Crippen LogP contribution in [0.25, 0.3) is 0 Å². The number of primary amides is 1. The highest BCUT2D eigenvalue weighted by atomic mass is 32.1. The van der Waals surface area contributed by atoms with E-state index in [1.54, 1.807) is 5.38 Å². The molecule has 0 radical (unpaired) electrons. The van der Waals surface area contributed by atoms with Crippen molar-refractivity contribution in [2.75, 3.05) is 11.9 Å². The average molecular weight is 448 g/mol. The van der Waals surface area contributed by atoms with Crippen LogP contribution in [0.4, 0.5) is 5.00 Å². The van der Waals surface area contributed by atoms with Crippen LogP contribution >= 0.6 is 11.3 Å². The summed E-state index contributed by atoms with van der Waals surface area (Å²) in [5.41, 5.74) is 5.40. The second-order valence-electron chi connectivity index (χ2n) is 8.03. The van der Waals surface area contributed by atoms with E-state index in [2.05, 4.69) is 5.32 Å². The second-order valence-corrected chi connectivity index (χ2v) is 8.95. The molecule has 0 unspecified atom stereocenters. The van der Waals surface area contributed by atoms with Gasteiger partial charge >= 0.3 is 5.97 Å². The number of ether oxygens (including phenoxy) is 1. The number of thiophene rings is 1. The van der Waals surface area contributed by atoms with E-state index in [0.29, 0.717) is 12.8 Å². The maximum Gasteiger partial charge on any atom is 0.329 e. The number of allylic oxidation sites excluding steroid dienone is 2. The third-order valence-corrected chi connectivity index (χ3v) is 6.18. The van der Waals surface area contributed by atoms with Gasteiger partial charge in [-0.1, -0.05) is 26.0 Å². The fourth-order valence-electron chi connectivity index (χ4n) is 3.88. The summed E-state index contributed by atoms with van der Waals surface area (Å²) in [7, 11) is 0. The van der Waals surface area contributed by atoms with Gasteiger partial charge in [-0.05, 0) is 36.6 Å². The number of hydrogen-bond acceptors (Lipinski definition) is 7. The molecule has 0 aromatic carbocycles. The number of fused-ring (bicyclic) bond motifs is 1. The van der Waals surface area contributed by atoms with Crippen molar-refractivity contribution in [2.24, 2.45) is 23.5 Å². The summed E-state index contributed by atoms with van der Waals surface area (Å²) in [6.45, 7) is 3.12. The Morgan fingerprint density at radius 3 is 2.35 bits per heavy atom. The van der Waals surface area contributed by atoms with Crippen LogP contribution in [0.15, 0.2) is 23.6 Å². The van der Waals surface area contributed by atoms with Crippen LogP contribution in [-0.4, -0.2) is 47.1 Å². The van der Waals surface area contributed by atoms with Crippen LogP contribution in [0, 0.1) is 17.8 Å². The first kappa shape index (κ1) is 22.7. The van der Waals surface area contributed by atoms with Crippen LogP contribution in [-0.2, 0) is 23.9 Å². The number of hydrogen-bond donors (Lipinski definition) is 2. The first-order valence-corrected chi connectivity index (χ1v) is 10.9. The maximum atomic E-state index is 12.9. The van der Waals surface area contributed by atoms with Crippen LogP contribution < -0.4 is 11.1 Å². The van der Waals surface area contributed by atoms with Crippen LogP contribution in [0.2, 0.25) is 0 Å². The summed E-state index contributed by atoms with van der Waals surface area (Å²) in [5, 5.41) is 4.34. The Labute approximate surface area is 183 Å². The van der Waals surface area contributed by atoms with E-state index in [-0.39, 0.29) is 34.7 Å². The number of carbonyl (C=O) groups is 5. The Balaban J connectivity index is 1.67. The highest BCUT2D eigenvalue weighted by molar-refractivity contribution is 7.14. The van der Waals surface area contributed by atoms with Gasteiger partial charge in [0.25, 0.3) is 11.8 Å². The molecule has 4 amide bonds. The van der Waals surface area contributed by atoms with Gasteiger partial charge in [0.05, 0.1) is 17.4 Å². The lowest BCUT2D eigenvalue weighted by atomic mass is 9.85. The minimum Gasteiger partial charge on any atom is -0.454 e. The van der Waals surface area contributed by atoms with E-state index in [4.69, 9.17) is 10.5 Å². The lowest BCUT2D eigenvalue weighted by Crippen LogP contribution is -2.47. The molecule has 0 saturated carbocycles. The number of amides is 4. The minimum atomic E-state index is -1.08. The number of carbonyl (C=O) groups excluding carboxylic acids is 5. The summed E-state index contributed by atoms with van der Waals surface area (Å²) in [6.07, 6.45) is 4.94. The third kappa shape index (κ3) is 4.84. The van der Waals surface area contributed by atoms with E-state index in [1.807, 2.05) is 26.0 Å². The number of nitrogens with two attached hydrogens (primary N) is 1. The molecule has 3 atom stereocenters. The van der Waals surface area contributed by atoms with Crippen LogP contribution in [0.1, 0.15) is 43.5 Å². The Kier molecular flexibility index (Phi) is 6.89. The molecule has 3 N–H and O–H groups in total. The van der Waals surface area contributed by atoms with Crippen molar-refractivity contribution >= 4 is 45.9 Å². The Morgan fingerprint density at radius 1 is 1.19 bits per heavy atom. The van der Waals surface area contributed by atoms with Gasteiger partial charge in [0.1, 0.15) is 11.0 Å². The topological polar surface area (TPSA) is 136 Å². The molecule has 1 aliphatic carbocycles. The molecule has 0 spiro atoms. The van der Waals surface area contributed by atoms with Crippen molar-refractivity contribution in [1.82, 2.24) is 4.90 Å². The highest BCUT2D eigenvalue weighted by Crippen LogP contribution is 2.37. The Hall–Kier alpha value is -3.01. The molecule has 1 aliphatic heterocycles. The molecule has 1 aromatic rings. The van der Waals surface area contributed by atoms with Crippen molar-refractivity contribution < 1.29 is 28.7 Å². The lowest BCUT2D eigenvalue weighted by molar-refractivity contribution is -0.160. The quantitative estimate of drug-likeness (QED) is 0.354. The predicted molar refractivity (Wildman–Crippen MR) is 113 cm³/mol. The number of likely N-dealkylation sites (tertiary alicyclic amines) is 1. The predicted octanol–water partition coefficient (Wildman–Crippen LogP) is 1.69. The molecule has 2 heterocycles. The minimum absolute atomic E-state index is 0.0111. The molecule has 31 heavy (non-hydrogen) atoms. The fraction of sp³-hybridized carbons (Fsp3) is 0.476. The van der Waals surface area contributed by atoms with Crippen molar-refractivity contribution in [3.05, 3.63) is 29.2 Å². The number of nitrogens with zero attached hydrogens (tertiary/aromatic N) is 1. The van der Waals surface area contributed by atoms with Gasteiger partial charge in [0.2, 0.25) is 11.8 Å². The molecule has 1 saturated heterocycles. The number of nitrogens with one attached hydrogen (secondary N) is 1. The monoisotopic (exact) mass is 447 g/mol. The largest absolute Gasteiger partial charge is 0.454 e. The lowest BCUT2D eigenvalue weighted by Gasteiger charge is -2.26. The van der Waals surface area contributed by atoms with Crippen molar-refractivity contribution in [2.45, 2.75) is 39.2 Å². The van der Waals surface area contributed by atoms with E-state index in [0.717, 1.165) is 16.2 Å². The molecular formula is C21H25N3O6S. The standard InChI is InChI=1S/C21H25N3O6S/c1-11(2)9-15(24-19(27)12-5-3-4-6-13(12)20(24)28)21(29)30-10-16(25)23-18-14(17(22)26)7-8-31-18/h3-4,7-8,11-13,15H,5-6,9-10H2,1-2H3,(H2,22,26)(H,23,25)/t12-,13+,15-/m1/s1. The second kappa shape index (κ2) is 9.42. The molecule has 166 valence electrons. The van der Waals surface area contributed by atoms with Gasteiger partial charge < -0.3 is 15.8 Å². The summed E-state index contributed by atoms with van der Waals surface area (Å²) < 4.78 is 5.15. The van der Waals surface area contributed by atoms with Crippen molar-refractivity contribution in [3.8, 4) is 0 Å². The number of imide groups is 1. The molecule has 2 aliphatic rings. The van der Waals surface area contributed by atoms with Gasteiger partial charge in [-0.3, -0.25) is 24.1 Å². The molecule has 10 heteroatoms. The normalized spacial score (nSPS) is 21.2. The number of rotatable bonds is 8. The zero-order valence-corrected chi connectivity index (χ0v) is 18.1. The van der Waals surface area contributed by atoms with Gasteiger partial charge in [-0.15, -0.1) is 11.3 Å². The molecular weight excluding hydrogens is 422 g/mol. The summed E-state index contributed by atoms with van der Waals surface area (Å²) in [6, 6.07) is 0.396. The van der Waals surface area contributed by atoms with Gasteiger partial charge in [0, 0.05) is 0 Å². The van der Waals surface area contributed by atoms with E-state index >= 15 is 0 Å². The average Bonchev–Trinajstić information content (AvgIpc) is 3.28. The molecule has 1 aromatic heterocycles. The highest BCUT2D eigenvalue weighted by Gasteiger charge is 2.51. The van der Waals surface area contributed by atoms with E-state index < -0.39 is 42.3 Å². The molecule has 3 rings (SSSR count). The van der Waals surface area contributed by atoms with Gasteiger partial charge in [-0.25, -0.2) is 4.79 Å². The number of anilines is 1. The summed E-state index contributed by atoms with van der Waals surface area (Å²) >= 11 is 1.11. The first-order valence-electron chi connectivity index (χ1n) is 10.1. The van der Waals surface area contributed by atoms with Gasteiger partial charge in [-0.2, -0.15) is 0 Å². The zero-order chi connectivity index (χ0) is 22.7. The van der Waals surface area contributed by atoms with Crippen molar-refractivity contribution in [3.63, 3.8) is 0 Å². The van der Waals surface area contributed by atoms with E-state index in [9.17, 15) is 24.0 Å². The van der Waals surface area contributed by atoms with Crippen LogP contribution in [0.3, 0.4) is 0 Å². The molecule has 1 fully saturated rings. The zero-order valence-electron chi connectivity index (χ0n) is 17.3. The van der Waals surface area contributed by atoms with Gasteiger partial charge in [0.15, 0.2) is 6.61 Å². The Morgan fingerprint density at radius 2 is 1.81 bits per heavy atom. The molecule has 0 bridgehead atoms. The summed E-state index contributed by atoms with van der Waals surface area (Å²) in [5.74, 6) is -3.77. The van der Waals surface area contributed by atoms with E-state index in [1.165, 1.54) is 6.07 Å². The third-order valence-electron chi connectivity index (χ3n) is 5.35. The summed E-state index contributed by atoms with van der Waals surface area (Å²) in [4.78, 5) is 63.1. The smallest absolute Gasteiger partial charge is 0.329 e. The van der Waals surface area contributed by atoms with Crippen molar-refractivity contribution in [1.29, 1.82) is 0 Å². The first-order chi connectivity index (χ1) is 14.7. The SMILES string of the molecule is CC(C)C[C@H](C(=O)OCC(=O)Nc1sccc1C(N)=O)N1C(=O)[C@H]2CC=CC[C@H]2C1=O. The number of esters is 1. The fourth-order valence-corrected chi connectivity index (χ4v) is 4.69. The Bertz CT molecular complexity index is 911. The van der Waals surface area contributed by atoms with Crippen LogP contribution in [0.5, 0.6) is 0 Å². The molecule has 9 nitrogen and oxygen atoms in total.